The van der Waals surface area contributed by atoms with Gasteiger partial charge in [0.05, 0.1) is 18.0 Å². The second-order valence-corrected chi connectivity index (χ2v) is 4.30. The topological polar surface area (TPSA) is 111 Å². The standard InChI is InChI=1S/C13H13F2N5O/c1-6(16)8-2-7(3-19-12(8)17)21-5-9-10(14)4-20-13(18)11(9)15/h2-4,16H,5H2,1H3,(H2,17,19)(H2,18,20). The second-order valence-electron chi connectivity index (χ2n) is 4.30. The maximum absolute atomic E-state index is 13.7. The Morgan fingerprint density at radius 3 is 2.57 bits per heavy atom. The van der Waals surface area contributed by atoms with Crippen LogP contribution in [0.4, 0.5) is 20.4 Å². The minimum Gasteiger partial charge on any atom is -0.487 e. The van der Waals surface area contributed by atoms with E-state index in [1.54, 1.807) is 6.92 Å². The van der Waals surface area contributed by atoms with Crippen molar-refractivity contribution in [1.29, 1.82) is 5.41 Å². The molecule has 0 aliphatic carbocycles. The predicted molar refractivity (Wildman–Crippen MR) is 74.0 cm³/mol. The van der Waals surface area contributed by atoms with Crippen LogP contribution in [0, 0.1) is 17.0 Å². The average molecular weight is 293 g/mol. The number of rotatable bonds is 4. The lowest BCUT2D eigenvalue weighted by molar-refractivity contribution is 0.291. The summed E-state index contributed by atoms with van der Waals surface area (Å²) in [6, 6.07) is 1.48. The van der Waals surface area contributed by atoms with E-state index in [4.69, 9.17) is 21.6 Å². The van der Waals surface area contributed by atoms with Crippen molar-refractivity contribution in [3.05, 3.63) is 41.2 Å². The zero-order chi connectivity index (χ0) is 15.6. The zero-order valence-electron chi connectivity index (χ0n) is 11.2. The van der Waals surface area contributed by atoms with Gasteiger partial charge in [0.2, 0.25) is 0 Å². The van der Waals surface area contributed by atoms with Gasteiger partial charge in [0.1, 0.15) is 18.2 Å². The van der Waals surface area contributed by atoms with Crippen molar-refractivity contribution in [3.8, 4) is 5.75 Å². The average Bonchev–Trinajstić information content (AvgIpc) is 2.44. The van der Waals surface area contributed by atoms with E-state index in [2.05, 4.69) is 9.97 Å². The Morgan fingerprint density at radius 1 is 1.24 bits per heavy atom. The Morgan fingerprint density at radius 2 is 1.90 bits per heavy atom. The molecule has 21 heavy (non-hydrogen) atoms. The van der Waals surface area contributed by atoms with Crippen LogP contribution in [0.1, 0.15) is 18.1 Å². The summed E-state index contributed by atoms with van der Waals surface area (Å²) < 4.78 is 32.4. The molecule has 0 amide bonds. The lowest BCUT2D eigenvalue weighted by Crippen LogP contribution is -2.08. The summed E-state index contributed by atoms with van der Waals surface area (Å²) in [5, 5.41) is 7.55. The van der Waals surface area contributed by atoms with Crippen LogP contribution in [0.3, 0.4) is 0 Å². The van der Waals surface area contributed by atoms with E-state index >= 15 is 0 Å². The molecule has 0 aliphatic heterocycles. The molecule has 8 heteroatoms. The first kappa shape index (κ1) is 14.6. The Labute approximate surface area is 119 Å². The van der Waals surface area contributed by atoms with Gasteiger partial charge in [0.15, 0.2) is 17.5 Å². The van der Waals surface area contributed by atoms with Crippen molar-refractivity contribution in [2.75, 3.05) is 11.5 Å². The molecule has 0 fully saturated rings. The Kier molecular flexibility index (Phi) is 3.97. The number of nitrogens with one attached hydrogen (secondary N) is 1. The number of halogens is 2. The Balaban J connectivity index is 2.23. The molecule has 0 bridgehead atoms. The van der Waals surface area contributed by atoms with E-state index in [9.17, 15) is 8.78 Å². The number of ether oxygens (including phenoxy) is 1. The van der Waals surface area contributed by atoms with Crippen molar-refractivity contribution in [1.82, 2.24) is 9.97 Å². The third-order valence-electron chi connectivity index (χ3n) is 2.78. The van der Waals surface area contributed by atoms with Crippen LogP contribution in [0.15, 0.2) is 18.5 Å². The van der Waals surface area contributed by atoms with Crippen molar-refractivity contribution in [2.24, 2.45) is 0 Å². The van der Waals surface area contributed by atoms with E-state index in [0.29, 0.717) is 5.56 Å². The van der Waals surface area contributed by atoms with Crippen LogP contribution in [0.2, 0.25) is 0 Å². The first-order valence-electron chi connectivity index (χ1n) is 5.92. The largest absolute Gasteiger partial charge is 0.487 e. The van der Waals surface area contributed by atoms with Gasteiger partial charge in [-0.05, 0) is 13.0 Å². The fraction of sp³-hybridized carbons (Fsp3) is 0.154. The minimum absolute atomic E-state index is 0.181. The lowest BCUT2D eigenvalue weighted by Gasteiger charge is -2.10. The molecule has 2 rings (SSSR count). The highest BCUT2D eigenvalue weighted by Gasteiger charge is 2.14. The molecule has 0 atom stereocenters. The zero-order valence-corrected chi connectivity index (χ0v) is 11.2. The van der Waals surface area contributed by atoms with Gasteiger partial charge < -0.3 is 21.6 Å². The van der Waals surface area contributed by atoms with Gasteiger partial charge in [-0.3, -0.25) is 0 Å². The smallest absolute Gasteiger partial charge is 0.174 e. The molecule has 5 N–H and O–H groups in total. The van der Waals surface area contributed by atoms with Crippen molar-refractivity contribution in [3.63, 3.8) is 0 Å². The number of pyridine rings is 2. The number of nitrogen functional groups attached to an aromatic ring is 2. The number of nitrogens with two attached hydrogens (primary N) is 2. The van der Waals surface area contributed by atoms with Gasteiger partial charge in [-0.15, -0.1) is 0 Å². The maximum Gasteiger partial charge on any atom is 0.174 e. The molecule has 0 aliphatic rings. The normalized spacial score (nSPS) is 10.4. The number of aromatic nitrogens is 2. The number of anilines is 2. The van der Waals surface area contributed by atoms with E-state index in [1.165, 1.54) is 12.3 Å². The van der Waals surface area contributed by atoms with Crippen molar-refractivity contribution < 1.29 is 13.5 Å². The quantitative estimate of drug-likeness (QED) is 0.745. The third-order valence-corrected chi connectivity index (χ3v) is 2.78. The Hall–Kier alpha value is -2.77. The fourth-order valence-electron chi connectivity index (χ4n) is 1.64. The van der Waals surface area contributed by atoms with Crippen molar-refractivity contribution in [2.45, 2.75) is 13.5 Å². The summed E-state index contributed by atoms with van der Waals surface area (Å²) in [5.74, 6) is -1.79. The summed E-state index contributed by atoms with van der Waals surface area (Å²) in [4.78, 5) is 7.22. The Bertz CT molecular complexity index is 705. The molecular formula is C13H13F2N5O. The van der Waals surface area contributed by atoms with E-state index < -0.39 is 17.5 Å². The molecular weight excluding hydrogens is 280 g/mol. The molecule has 0 radical (unpaired) electrons. The van der Waals surface area contributed by atoms with Crippen LogP contribution in [-0.4, -0.2) is 15.7 Å². The van der Waals surface area contributed by atoms with Gasteiger partial charge in [0, 0.05) is 11.3 Å². The lowest BCUT2D eigenvalue weighted by atomic mass is 10.2. The maximum atomic E-state index is 13.7. The molecule has 6 nitrogen and oxygen atoms in total. The third kappa shape index (κ3) is 3.04. The molecule has 0 saturated carbocycles. The summed E-state index contributed by atoms with van der Waals surface area (Å²) in [6.45, 7) is 1.16. The van der Waals surface area contributed by atoms with Crippen molar-refractivity contribution >= 4 is 17.3 Å². The van der Waals surface area contributed by atoms with Crippen LogP contribution in [0.25, 0.3) is 0 Å². The van der Waals surface area contributed by atoms with Crippen LogP contribution < -0.4 is 16.2 Å². The molecule has 110 valence electrons. The molecule has 2 heterocycles. The first-order valence-corrected chi connectivity index (χ1v) is 5.92. The molecule has 0 saturated heterocycles. The van der Waals surface area contributed by atoms with Gasteiger partial charge in [-0.1, -0.05) is 0 Å². The highest BCUT2D eigenvalue weighted by molar-refractivity contribution is 6.00. The molecule has 0 aromatic carbocycles. The van der Waals surface area contributed by atoms with E-state index in [-0.39, 0.29) is 29.4 Å². The highest BCUT2D eigenvalue weighted by atomic mass is 19.1. The van der Waals surface area contributed by atoms with E-state index in [1.807, 2.05) is 0 Å². The second kappa shape index (κ2) is 5.70. The van der Waals surface area contributed by atoms with Gasteiger partial charge in [-0.25, -0.2) is 18.7 Å². The summed E-state index contributed by atoms with van der Waals surface area (Å²) in [6.07, 6.45) is 2.13. The van der Waals surface area contributed by atoms with Gasteiger partial charge in [-0.2, -0.15) is 0 Å². The van der Waals surface area contributed by atoms with Crippen LogP contribution >= 0.6 is 0 Å². The summed E-state index contributed by atoms with van der Waals surface area (Å²) in [5.41, 5.74) is 11.2. The van der Waals surface area contributed by atoms with Gasteiger partial charge in [0.25, 0.3) is 0 Å². The number of hydrogen-bond donors (Lipinski definition) is 3. The minimum atomic E-state index is -0.957. The monoisotopic (exact) mass is 293 g/mol. The van der Waals surface area contributed by atoms with E-state index in [0.717, 1.165) is 6.20 Å². The number of hydrogen-bond acceptors (Lipinski definition) is 6. The highest BCUT2D eigenvalue weighted by Crippen LogP contribution is 2.21. The first-order chi connectivity index (χ1) is 9.90. The number of nitrogens with zero attached hydrogens (tertiary/aromatic N) is 2. The van der Waals surface area contributed by atoms with Crippen LogP contribution in [-0.2, 0) is 6.61 Å². The summed E-state index contributed by atoms with van der Waals surface area (Å²) in [7, 11) is 0. The fourth-order valence-corrected chi connectivity index (χ4v) is 1.64. The molecule has 2 aromatic rings. The van der Waals surface area contributed by atoms with Crippen LogP contribution in [0.5, 0.6) is 5.75 Å². The SMILES string of the molecule is CC(=N)c1cc(OCc2c(F)cnc(N)c2F)cnc1N. The van der Waals surface area contributed by atoms with Gasteiger partial charge >= 0.3 is 0 Å². The molecule has 0 unspecified atom stereocenters. The molecule has 0 spiro atoms. The summed E-state index contributed by atoms with van der Waals surface area (Å²) >= 11 is 0. The predicted octanol–water partition coefficient (Wildman–Crippen LogP) is 1.89. The molecule has 2 aromatic heterocycles.